The van der Waals surface area contributed by atoms with Gasteiger partial charge in [-0.3, -0.25) is 4.79 Å². The molecule has 1 spiro atoms. The molecule has 4 rings (SSSR count). The molecule has 0 radical (unpaired) electrons. The van der Waals surface area contributed by atoms with Gasteiger partial charge in [0.1, 0.15) is 0 Å². The Morgan fingerprint density at radius 3 is 2.24 bits per heavy atom. The summed E-state index contributed by atoms with van der Waals surface area (Å²) in [6.07, 6.45) is 6.85. The summed E-state index contributed by atoms with van der Waals surface area (Å²) in [5.41, 5.74) is 1.53. The summed E-state index contributed by atoms with van der Waals surface area (Å²) in [5.74, 6) is -0.0687. The normalized spacial score (nSPS) is 24.1. The highest BCUT2D eigenvalue weighted by molar-refractivity contribution is 9.09. The molecule has 0 aromatic heterocycles. The van der Waals surface area contributed by atoms with Crippen molar-refractivity contribution in [2.45, 2.75) is 22.6 Å². The van der Waals surface area contributed by atoms with E-state index in [4.69, 9.17) is 0 Å². The van der Waals surface area contributed by atoms with Gasteiger partial charge < -0.3 is 0 Å². The summed E-state index contributed by atoms with van der Waals surface area (Å²) in [6.45, 7) is 2.57. The van der Waals surface area contributed by atoms with Crippen molar-refractivity contribution < 1.29 is 13.2 Å². The Morgan fingerprint density at radius 1 is 1.00 bits per heavy atom. The van der Waals surface area contributed by atoms with E-state index in [2.05, 4.69) is 28.1 Å². The second kappa shape index (κ2) is 7.67. The molecule has 0 unspecified atom stereocenters. The first-order valence-electron chi connectivity index (χ1n) is 9.50. The van der Waals surface area contributed by atoms with Crippen molar-refractivity contribution in [2.75, 3.05) is 13.1 Å². The molecular formula is C23H22BrNO3S. The van der Waals surface area contributed by atoms with Crippen molar-refractivity contribution in [1.82, 2.24) is 4.31 Å². The third-order valence-corrected chi connectivity index (χ3v) is 8.35. The number of benzene rings is 2. The molecule has 1 saturated heterocycles. The number of nitrogens with zero attached hydrogens (tertiary/aromatic N) is 1. The topological polar surface area (TPSA) is 54.5 Å². The van der Waals surface area contributed by atoms with Crippen molar-refractivity contribution in [3.05, 3.63) is 90.0 Å². The maximum atomic E-state index is 13.4. The highest BCUT2D eigenvalue weighted by atomic mass is 79.9. The fraction of sp³-hybridized carbons (Fsp3) is 0.261. The standard InChI is InChI=1S/C23H22BrNO3S/c1-17-7-9-20(10-8-17)29(27,28)25-15-21(24)22(18-5-3-2-4-6-18)23(16-25)13-11-19(26)12-14-23/h2-14,21-22H,15-16H2,1H3/t21-,22+/m0/s1. The van der Waals surface area contributed by atoms with Gasteiger partial charge in [0.2, 0.25) is 10.0 Å². The number of hydrogen-bond donors (Lipinski definition) is 0. The van der Waals surface area contributed by atoms with E-state index in [0.717, 1.165) is 11.1 Å². The summed E-state index contributed by atoms with van der Waals surface area (Å²) in [6, 6.07) is 17.0. The number of ketones is 1. The largest absolute Gasteiger partial charge is 0.290 e. The second-order valence-electron chi connectivity index (χ2n) is 7.70. The van der Waals surface area contributed by atoms with E-state index in [1.165, 1.54) is 4.31 Å². The zero-order chi connectivity index (χ0) is 20.6. The third kappa shape index (κ3) is 3.77. The molecular weight excluding hydrogens is 450 g/mol. The first kappa shape index (κ1) is 20.3. The van der Waals surface area contributed by atoms with E-state index in [9.17, 15) is 13.2 Å². The Labute approximate surface area is 180 Å². The lowest BCUT2D eigenvalue weighted by atomic mass is 9.66. The van der Waals surface area contributed by atoms with Gasteiger partial charge in [-0.2, -0.15) is 4.31 Å². The number of alkyl halides is 1. The van der Waals surface area contributed by atoms with Crippen LogP contribution in [0.15, 0.2) is 83.8 Å². The molecule has 29 heavy (non-hydrogen) atoms. The summed E-state index contributed by atoms with van der Waals surface area (Å²) >= 11 is 3.78. The van der Waals surface area contributed by atoms with Crippen molar-refractivity contribution in [3.63, 3.8) is 0 Å². The summed E-state index contributed by atoms with van der Waals surface area (Å²) in [5, 5.41) is 0. The minimum absolute atomic E-state index is 0.00812. The minimum Gasteiger partial charge on any atom is -0.290 e. The summed E-state index contributed by atoms with van der Waals surface area (Å²) < 4.78 is 28.3. The first-order valence-corrected chi connectivity index (χ1v) is 11.9. The Balaban J connectivity index is 1.77. The van der Waals surface area contributed by atoms with E-state index in [-0.39, 0.29) is 28.0 Å². The Morgan fingerprint density at radius 2 is 1.62 bits per heavy atom. The lowest BCUT2D eigenvalue weighted by Gasteiger charge is -2.48. The average Bonchev–Trinajstić information content (AvgIpc) is 2.71. The minimum atomic E-state index is -3.66. The van der Waals surface area contributed by atoms with E-state index in [0.29, 0.717) is 6.54 Å². The average molecular weight is 472 g/mol. The number of hydrogen-bond acceptors (Lipinski definition) is 3. The van der Waals surface area contributed by atoms with Gasteiger partial charge in [0.25, 0.3) is 0 Å². The molecule has 0 amide bonds. The van der Waals surface area contributed by atoms with Gasteiger partial charge in [-0.15, -0.1) is 0 Å². The lowest BCUT2D eigenvalue weighted by molar-refractivity contribution is -0.110. The zero-order valence-corrected chi connectivity index (χ0v) is 18.4. The van der Waals surface area contributed by atoms with Crippen LogP contribution in [0.5, 0.6) is 0 Å². The van der Waals surface area contributed by atoms with Crippen LogP contribution in [-0.2, 0) is 14.8 Å². The molecule has 1 heterocycles. The molecule has 150 valence electrons. The van der Waals surface area contributed by atoms with Gasteiger partial charge in [-0.1, -0.05) is 76.1 Å². The monoisotopic (exact) mass is 471 g/mol. The number of aryl methyl sites for hydroxylation is 1. The van der Waals surface area contributed by atoms with Crippen LogP contribution in [0.4, 0.5) is 0 Å². The first-order chi connectivity index (χ1) is 13.8. The maximum Gasteiger partial charge on any atom is 0.243 e. The molecule has 2 aliphatic rings. The summed E-state index contributed by atoms with van der Waals surface area (Å²) in [4.78, 5) is 12.0. The lowest BCUT2D eigenvalue weighted by Crippen LogP contribution is -2.53. The number of rotatable bonds is 3. The molecule has 6 heteroatoms. The predicted octanol–water partition coefficient (Wildman–Crippen LogP) is 4.23. The van der Waals surface area contributed by atoms with Gasteiger partial charge >= 0.3 is 0 Å². The van der Waals surface area contributed by atoms with E-state index in [1.54, 1.807) is 24.3 Å². The molecule has 1 aliphatic carbocycles. The van der Waals surface area contributed by atoms with Crippen LogP contribution in [0.25, 0.3) is 0 Å². The smallest absolute Gasteiger partial charge is 0.243 e. The number of allylic oxidation sites excluding steroid dienone is 2. The van der Waals surface area contributed by atoms with Crippen molar-refractivity contribution in [2.24, 2.45) is 5.41 Å². The van der Waals surface area contributed by atoms with Crippen molar-refractivity contribution >= 4 is 31.7 Å². The SMILES string of the molecule is Cc1ccc(S(=O)(=O)N2C[C@H](Br)[C@@H](c3ccccc3)C3(C=CC(=O)C=C3)C2)cc1. The van der Waals surface area contributed by atoms with Gasteiger partial charge in [0, 0.05) is 29.2 Å². The van der Waals surface area contributed by atoms with E-state index < -0.39 is 15.4 Å². The Kier molecular flexibility index (Phi) is 5.36. The number of carbonyl (C=O) groups excluding carboxylic acids is 1. The quantitative estimate of drug-likeness (QED) is 0.629. The van der Waals surface area contributed by atoms with Crippen LogP contribution in [0.3, 0.4) is 0 Å². The van der Waals surface area contributed by atoms with Crippen LogP contribution in [0, 0.1) is 12.3 Å². The van der Waals surface area contributed by atoms with Crippen LogP contribution < -0.4 is 0 Å². The molecule has 1 fully saturated rings. The van der Waals surface area contributed by atoms with Crippen LogP contribution in [-0.4, -0.2) is 36.4 Å². The second-order valence-corrected chi connectivity index (χ2v) is 10.8. The summed E-state index contributed by atoms with van der Waals surface area (Å²) in [7, 11) is -3.66. The number of halogens is 1. The van der Waals surface area contributed by atoms with E-state index >= 15 is 0 Å². The van der Waals surface area contributed by atoms with Crippen LogP contribution >= 0.6 is 15.9 Å². The number of piperidine rings is 1. The highest BCUT2D eigenvalue weighted by Gasteiger charge is 2.49. The number of sulfonamides is 1. The van der Waals surface area contributed by atoms with Crippen LogP contribution in [0.2, 0.25) is 0 Å². The number of carbonyl (C=O) groups is 1. The highest BCUT2D eigenvalue weighted by Crippen LogP contribution is 2.49. The van der Waals surface area contributed by atoms with Gasteiger partial charge in [-0.25, -0.2) is 8.42 Å². The fourth-order valence-electron chi connectivity index (χ4n) is 4.23. The van der Waals surface area contributed by atoms with E-state index in [1.807, 2.05) is 49.4 Å². The molecule has 0 bridgehead atoms. The third-order valence-electron chi connectivity index (χ3n) is 5.70. The Bertz CT molecular complexity index is 1060. The van der Waals surface area contributed by atoms with Gasteiger partial charge in [-0.05, 0) is 36.8 Å². The van der Waals surface area contributed by atoms with Crippen LogP contribution in [0.1, 0.15) is 17.0 Å². The molecule has 4 nitrogen and oxygen atoms in total. The molecule has 0 saturated carbocycles. The zero-order valence-electron chi connectivity index (χ0n) is 16.0. The maximum absolute atomic E-state index is 13.4. The van der Waals surface area contributed by atoms with Crippen molar-refractivity contribution in [3.8, 4) is 0 Å². The predicted molar refractivity (Wildman–Crippen MR) is 118 cm³/mol. The fourth-order valence-corrected chi connectivity index (χ4v) is 7.09. The molecule has 0 N–H and O–H groups in total. The van der Waals surface area contributed by atoms with Crippen molar-refractivity contribution in [1.29, 1.82) is 0 Å². The molecule has 2 atom stereocenters. The van der Waals surface area contributed by atoms with Gasteiger partial charge in [0.15, 0.2) is 5.78 Å². The molecule has 2 aromatic rings. The molecule has 2 aromatic carbocycles. The Hall–Kier alpha value is -2.02. The molecule has 1 aliphatic heterocycles. The van der Waals surface area contributed by atoms with Gasteiger partial charge in [0.05, 0.1) is 4.90 Å².